The van der Waals surface area contributed by atoms with E-state index in [1.807, 2.05) is 53.4 Å². The lowest BCUT2D eigenvalue weighted by Crippen LogP contribution is -2.22. The Morgan fingerprint density at radius 3 is 2.52 bits per heavy atom. The van der Waals surface area contributed by atoms with Crippen LogP contribution in [0.25, 0.3) is 0 Å². The van der Waals surface area contributed by atoms with Crippen molar-refractivity contribution in [2.75, 3.05) is 13.7 Å². The summed E-state index contributed by atoms with van der Waals surface area (Å²) in [6, 6.07) is 11.1. The number of carbonyl (C=O) groups excluding carboxylic acids is 1. The Balaban J connectivity index is 2.10. The normalized spacial score (nSPS) is 11.7. The first-order valence-electron chi connectivity index (χ1n) is 6.77. The molecule has 0 unspecified atom stereocenters. The van der Waals surface area contributed by atoms with Crippen LogP contribution in [0.3, 0.4) is 0 Å². The molecule has 0 N–H and O–H groups in total. The molecule has 1 aromatic carbocycles. The summed E-state index contributed by atoms with van der Waals surface area (Å²) < 4.78 is 12.2. The van der Waals surface area contributed by atoms with E-state index in [9.17, 15) is 4.79 Å². The highest BCUT2D eigenvalue weighted by Gasteiger charge is 2.20. The Morgan fingerprint density at radius 2 is 1.95 bits per heavy atom. The van der Waals surface area contributed by atoms with Crippen LogP contribution in [0.15, 0.2) is 61.4 Å². The molecule has 110 valence electrons. The zero-order valence-electron chi connectivity index (χ0n) is 12.1. The topological polar surface area (TPSA) is 40.5 Å². The highest BCUT2D eigenvalue weighted by molar-refractivity contribution is 5.74. The number of carbonyl (C=O) groups is 1. The molecule has 1 aromatic heterocycles. The largest absolute Gasteiger partial charge is 0.490 e. The minimum absolute atomic E-state index is 0.252. The number of benzene rings is 1. The maximum atomic E-state index is 11.9. The fourth-order valence-electron chi connectivity index (χ4n) is 2.10. The molecule has 21 heavy (non-hydrogen) atoms. The van der Waals surface area contributed by atoms with Gasteiger partial charge in [0.05, 0.1) is 7.11 Å². The van der Waals surface area contributed by atoms with Gasteiger partial charge in [-0.3, -0.25) is 0 Å². The van der Waals surface area contributed by atoms with Gasteiger partial charge in [0.2, 0.25) is 0 Å². The Morgan fingerprint density at radius 1 is 1.29 bits per heavy atom. The van der Waals surface area contributed by atoms with E-state index in [-0.39, 0.29) is 12.0 Å². The van der Waals surface area contributed by atoms with Crippen LogP contribution in [0, 0.1) is 0 Å². The Hall–Kier alpha value is -2.49. The maximum absolute atomic E-state index is 11.9. The summed E-state index contributed by atoms with van der Waals surface area (Å²) in [4.78, 5) is 11.9. The Bertz CT molecular complexity index is 573. The fraction of sp³-hybridized carbons (Fsp3) is 0.235. The van der Waals surface area contributed by atoms with Gasteiger partial charge in [-0.2, -0.15) is 0 Å². The molecule has 0 fully saturated rings. The minimum atomic E-state index is -0.357. The third-order valence-electron chi connectivity index (χ3n) is 3.18. The first-order valence-corrected chi connectivity index (χ1v) is 6.77. The van der Waals surface area contributed by atoms with Crippen LogP contribution in [0.5, 0.6) is 5.75 Å². The lowest BCUT2D eigenvalue weighted by molar-refractivity contribution is -0.144. The monoisotopic (exact) mass is 285 g/mol. The average molecular weight is 285 g/mol. The van der Waals surface area contributed by atoms with Crippen molar-refractivity contribution in [1.29, 1.82) is 0 Å². The van der Waals surface area contributed by atoms with Gasteiger partial charge in [0.1, 0.15) is 18.4 Å². The Kier molecular flexibility index (Phi) is 5.21. The van der Waals surface area contributed by atoms with E-state index in [0.29, 0.717) is 13.0 Å². The van der Waals surface area contributed by atoms with Crippen molar-refractivity contribution in [2.24, 2.45) is 0 Å². The smallest absolute Gasteiger partial charge is 0.329 e. The first-order chi connectivity index (χ1) is 10.2. The summed E-state index contributed by atoms with van der Waals surface area (Å²) in [6.07, 6.45) is 6.00. The standard InChI is InChI=1S/C17H19NO3/c1-3-12-21-15-8-6-14(7-9-15)13-16(17(19)20-2)18-10-4-5-11-18/h3-11,16H,1,12-13H2,2H3/t16-/m0/s1. The lowest BCUT2D eigenvalue weighted by atomic mass is 10.1. The third-order valence-corrected chi connectivity index (χ3v) is 3.18. The third kappa shape index (κ3) is 3.99. The molecule has 0 saturated carbocycles. The van der Waals surface area contributed by atoms with E-state index in [1.165, 1.54) is 7.11 Å². The van der Waals surface area contributed by atoms with Gasteiger partial charge < -0.3 is 14.0 Å². The van der Waals surface area contributed by atoms with Gasteiger partial charge in [0.25, 0.3) is 0 Å². The molecule has 0 aliphatic carbocycles. The number of aromatic nitrogens is 1. The van der Waals surface area contributed by atoms with Crippen LogP contribution >= 0.6 is 0 Å². The summed E-state index contributed by atoms with van der Waals surface area (Å²) in [6.45, 7) is 4.09. The predicted octanol–water partition coefficient (Wildman–Crippen LogP) is 3.01. The second-order valence-corrected chi connectivity index (χ2v) is 4.62. The minimum Gasteiger partial charge on any atom is -0.490 e. The quantitative estimate of drug-likeness (QED) is 0.580. The molecule has 1 atom stereocenters. The number of ether oxygens (including phenoxy) is 2. The van der Waals surface area contributed by atoms with E-state index in [1.54, 1.807) is 6.08 Å². The summed E-state index contributed by atoms with van der Waals surface area (Å²) in [7, 11) is 1.41. The van der Waals surface area contributed by atoms with Crippen LogP contribution < -0.4 is 4.74 Å². The number of rotatable bonds is 7. The molecule has 2 aromatic rings. The van der Waals surface area contributed by atoms with Gasteiger partial charge in [-0.1, -0.05) is 24.8 Å². The molecular weight excluding hydrogens is 266 g/mol. The molecule has 0 bridgehead atoms. The summed E-state index contributed by atoms with van der Waals surface area (Å²) in [5, 5.41) is 0. The SMILES string of the molecule is C=CCOc1ccc(C[C@@H](C(=O)OC)n2cccc2)cc1. The van der Waals surface area contributed by atoms with Gasteiger partial charge in [-0.05, 0) is 29.8 Å². The van der Waals surface area contributed by atoms with Gasteiger partial charge in [0.15, 0.2) is 0 Å². The van der Waals surface area contributed by atoms with Gasteiger partial charge in [-0.25, -0.2) is 4.79 Å². The predicted molar refractivity (Wildman–Crippen MR) is 81.3 cm³/mol. The molecule has 4 heteroatoms. The molecular formula is C17H19NO3. The van der Waals surface area contributed by atoms with E-state index in [4.69, 9.17) is 9.47 Å². The molecule has 0 aliphatic rings. The van der Waals surface area contributed by atoms with Crippen molar-refractivity contribution in [3.05, 3.63) is 67.0 Å². The van der Waals surface area contributed by atoms with Crippen molar-refractivity contribution >= 4 is 5.97 Å². The molecule has 0 amide bonds. The van der Waals surface area contributed by atoms with E-state index in [2.05, 4.69) is 6.58 Å². The van der Waals surface area contributed by atoms with Crippen LogP contribution in [-0.2, 0) is 16.0 Å². The van der Waals surface area contributed by atoms with Crippen molar-refractivity contribution in [2.45, 2.75) is 12.5 Å². The van der Waals surface area contributed by atoms with E-state index < -0.39 is 0 Å². The van der Waals surface area contributed by atoms with E-state index >= 15 is 0 Å². The second-order valence-electron chi connectivity index (χ2n) is 4.62. The molecule has 0 saturated heterocycles. The zero-order valence-corrected chi connectivity index (χ0v) is 12.1. The fourth-order valence-corrected chi connectivity index (χ4v) is 2.10. The van der Waals surface area contributed by atoms with Crippen LogP contribution in [0.2, 0.25) is 0 Å². The molecule has 0 radical (unpaired) electrons. The first kappa shape index (κ1) is 14.9. The summed E-state index contributed by atoms with van der Waals surface area (Å²) in [5.41, 5.74) is 1.05. The average Bonchev–Trinajstić information content (AvgIpc) is 3.05. The van der Waals surface area contributed by atoms with Crippen LogP contribution in [0.1, 0.15) is 11.6 Å². The van der Waals surface area contributed by atoms with Crippen molar-refractivity contribution in [1.82, 2.24) is 4.57 Å². The molecule has 4 nitrogen and oxygen atoms in total. The van der Waals surface area contributed by atoms with Crippen molar-refractivity contribution in [3.63, 3.8) is 0 Å². The summed E-state index contributed by atoms with van der Waals surface area (Å²) >= 11 is 0. The van der Waals surface area contributed by atoms with Gasteiger partial charge in [0, 0.05) is 18.8 Å². The zero-order chi connectivity index (χ0) is 15.1. The Labute approximate surface area is 124 Å². The number of nitrogens with zero attached hydrogens (tertiary/aromatic N) is 1. The summed E-state index contributed by atoms with van der Waals surface area (Å²) in [5.74, 6) is 0.535. The van der Waals surface area contributed by atoms with Crippen molar-refractivity contribution in [3.8, 4) is 5.75 Å². The van der Waals surface area contributed by atoms with Gasteiger partial charge >= 0.3 is 5.97 Å². The van der Waals surface area contributed by atoms with Crippen molar-refractivity contribution < 1.29 is 14.3 Å². The number of hydrogen-bond donors (Lipinski definition) is 0. The molecule has 0 aliphatic heterocycles. The molecule has 1 heterocycles. The van der Waals surface area contributed by atoms with Crippen LogP contribution in [0.4, 0.5) is 0 Å². The highest BCUT2D eigenvalue weighted by Crippen LogP contribution is 2.19. The molecule has 2 rings (SSSR count). The highest BCUT2D eigenvalue weighted by atomic mass is 16.5. The lowest BCUT2D eigenvalue weighted by Gasteiger charge is -2.16. The number of esters is 1. The number of hydrogen-bond acceptors (Lipinski definition) is 3. The van der Waals surface area contributed by atoms with Gasteiger partial charge in [-0.15, -0.1) is 0 Å². The second kappa shape index (κ2) is 7.33. The van der Waals surface area contributed by atoms with E-state index in [0.717, 1.165) is 11.3 Å². The number of methoxy groups -OCH3 is 1. The molecule has 0 spiro atoms. The maximum Gasteiger partial charge on any atom is 0.329 e. The van der Waals surface area contributed by atoms with Crippen LogP contribution in [-0.4, -0.2) is 24.3 Å².